The van der Waals surface area contributed by atoms with E-state index in [0.717, 1.165) is 15.4 Å². The summed E-state index contributed by atoms with van der Waals surface area (Å²) in [5.74, 6) is 0.569. The average molecular weight is 301 g/mol. The zero-order valence-corrected chi connectivity index (χ0v) is 11.0. The Hall–Kier alpha value is -1.87. The molecule has 0 radical (unpaired) electrons. The normalized spacial score (nSPS) is 10.7. The summed E-state index contributed by atoms with van der Waals surface area (Å²) in [6.07, 6.45) is 0. The maximum absolute atomic E-state index is 11.9. The zero-order chi connectivity index (χ0) is 12.5. The molecule has 0 aliphatic rings. The molecule has 2 aromatic carbocycles. The highest BCUT2D eigenvalue weighted by molar-refractivity contribution is 9.10. The summed E-state index contributed by atoms with van der Waals surface area (Å²) in [5, 5.41) is 1.46. The molecule has 1 heterocycles. The van der Waals surface area contributed by atoms with Crippen LogP contribution in [-0.4, -0.2) is 0 Å². The van der Waals surface area contributed by atoms with Gasteiger partial charge in [-0.15, -0.1) is 0 Å². The predicted molar refractivity (Wildman–Crippen MR) is 75.6 cm³/mol. The van der Waals surface area contributed by atoms with Gasteiger partial charge in [0.05, 0.1) is 9.86 Å². The maximum atomic E-state index is 11.9. The SMILES string of the molecule is O=c1oc(-c2ccccc2)c(Br)c2ccccc12. The van der Waals surface area contributed by atoms with E-state index in [1.54, 1.807) is 6.07 Å². The van der Waals surface area contributed by atoms with Crippen molar-refractivity contribution in [2.75, 3.05) is 0 Å². The first kappa shape index (κ1) is 11.2. The highest BCUT2D eigenvalue weighted by Crippen LogP contribution is 2.32. The number of benzene rings is 2. The van der Waals surface area contributed by atoms with E-state index in [2.05, 4.69) is 15.9 Å². The highest BCUT2D eigenvalue weighted by atomic mass is 79.9. The predicted octanol–water partition coefficient (Wildman–Crippen LogP) is 4.22. The van der Waals surface area contributed by atoms with Crippen molar-refractivity contribution < 1.29 is 4.42 Å². The van der Waals surface area contributed by atoms with E-state index in [1.165, 1.54) is 0 Å². The lowest BCUT2D eigenvalue weighted by Gasteiger charge is -2.06. The molecule has 3 aromatic rings. The van der Waals surface area contributed by atoms with Crippen LogP contribution in [0.2, 0.25) is 0 Å². The second kappa shape index (κ2) is 4.42. The summed E-state index contributed by atoms with van der Waals surface area (Å²) in [7, 11) is 0. The quantitative estimate of drug-likeness (QED) is 0.673. The Balaban J connectivity index is 2.39. The second-order valence-electron chi connectivity index (χ2n) is 3.94. The monoisotopic (exact) mass is 300 g/mol. The Labute approximate surface area is 112 Å². The van der Waals surface area contributed by atoms with Crippen LogP contribution in [0.15, 0.2) is 68.3 Å². The Bertz CT molecular complexity index is 760. The van der Waals surface area contributed by atoms with Crippen LogP contribution in [0.5, 0.6) is 0 Å². The molecule has 2 nitrogen and oxygen atoms in total. The largest absolute Gasteiger partial charge is 0.421 e. The third kappa shape index (κ3) is 1.77. The van der Waals surface area contributed by atoms with Gasteiger partial charge in [0.2, 0.25) is 0 Å². The molecule has 0 bridgehead atoms. The summed E-state index contributed by atoms with van der Waals surface area (Å²) in [5.41, 5.74) is 0.569. The summed E-state index contributed by atoms with van der Waals surface area (Å²) in [6, 6.07) is 17.0. The van der Waals surface area contributed by atoms with E-state index in [1.807, 2.05) is 48.5 Å². The van der Waals surface area contributed by atoms with Gasteiger partial charge < -0.3 is 4.42 Å². The van der Waals surface area contributed by atoms with Gasteiger partial charge in [-0.05, 0) is 22.0 Å². The van der Waals surface area contributed by atoms with E-state index in [-0.39, 0.29) is 5.63 Å². The number of hydrogen-bond donors (Lipinski definition) is 0. The molecule has 0 aliphatic carbocycles. The minimum absolute atomic E-state index is 0.312. The van der Waals surface area contributed by atoms with Crippen LogP contribution >= 0.6 is 15.9 Å². The topological polar surface area (TPSA) is 30.2 Å². The molecule has 88 valence electrons. The molecular weight excluding hydrogens is 292 g/mol. The second-order valence-corrected chi connectivity index (χ2v) is 4.74. The van der Waals surface area contributed by atoms with Crippen molar-refractivity contribution in [3.8, 4) is 11.3 Å². The lowest BCUT2D eigenvalue weighted by atomic mass is 10.1. The summed E-state index contributed by atoms with van der Waals surface area (Å²) >= 11 is 3.52. The van der Waals surface area contributed by atoms with E-state index in [9.17, 15) is 4.79 Å². The molecular formula is C15H9BrO2. The lowest BCUT2D eigenvalue weighted by molar-refractivity contribution is 0.532. The van der Waals surface area contributed by atoms with Crippen LogP contribution in [-0.2, 0) is 0 Å². The van der Waals surface area contributed by atoms with Gasteiger partial charge in [0.1, 0.15) is 0 Å². The van der Waals surface area contributed by atoms with E-state index in [4.69, 9.17) is 4.42 Å². The van der Waals surface area contributed by atoms with E-state index in [0.29, 0.717) is 11.1 Å². The molecule has 1 aromatic heterocycles. The molecule has 0 amide bonds. The van der Waals surface area contributed by atoms with Crippen LogP contribution in [0.25, 0.3) is 22.1 Å². The van der Waals surface area contributed by atoms with Gasteiger partial charge >= 0.3 is 5.63 Å². The summed E-state index contributed by atoms with van der Waals surface area (Å²) < 4.78 is 6.21. The third-order valence-corrected chi connectivity index (χ3v) is 3.60. The Morgan fingerprint density at radius 3 is 2.17 bits per heavy atom. The zero-order valence-electron chi connectivity index (χ0n) is 9.39. The molecule has 0 saturated carbocycles. The smallest absolute Gasteiger partial charge is 0.344 e. The van der Waals surface area contributed by atoms with Crippen LogP contribution in [0, 0.1) is 0 Å². The van der Waals surface area contributed by atoms with Crippen molar-refractivity contribution in [1.29, 1.82) is 0 Å². The number of halogens is 1. The van der Waals surface area contributed by atoms with E-state index >= 15 is 0 Å². The number of rotatable bonds is 1. The summed E-state index contributed by atoms with van der Waals surface area (Å²) in [4.78, 5) is 11.9. The van der Waals surface area contributed by atoms with Gasteiger partial charge in [0, 0.05) is 10.9 Å². The van der Waals surface area contributed by atoms with Crippen molar-refractivity contribution >= 4 is 26.7 Å². The van der Waals surface area contributed by atoms with Crippen LogP contribution in [0.3, 0.4) is 0 Å². The van der Waals surface area contributed by atoms with Crippen LogP contribution < -0.4 is 5.63 Å². The first-order valence-electron chi connectivity index (χ1n) is 5.54. The molecule has 18 heavy (non-hydrogen) atoms. The van der Waals surface area contributed by atoms with Gasteiger partial charge in [0.15, 0.2) is 5.76 Å². The van der Waals surface area contributed by atoms with E-state index < -0.39 is 0 Å². The molecule has 3 heteroatoms. The lowest BCUT2D eigenvalue weighted by Crippen LogP contribution is -2.01. The first-order chi connectivity index (χ1) is 8.77. The first-order valence-corrected chi connectivity index (χ1v) is 6.33. The van der Waals surface area contributed by atoms with Crippen molar-refractivity contribution in [2.45, 2.75) is 0 Å². The Morgan fingerprint density at radius 1 is 0.833 bits per heavy atom. The fourth-order valence-corrected chi connectivity index (χ4v) is 2.60. The average Bonchev–Trinajstić information content (AvgIpc) is 2.44. The standard InChI is InChI=1S/C15H9BrO2/c16-13-11-8-4-5-9-12(11)15(17)18-14(13)10-6-2-1-3-7-10/h1-9H. The molecule has 0 N–H and O–H groups in total. The van der Waals surface area contributed by atoms with Gasteiger partial charge in [-0.1, -0.05) is 48.5 Å². The van der Waals surface area contributed by atoms with Crippen molar-refractivity contribution in [3.05, 3.63) is 69.5 Å². The van der Waals surface area contributed by atoms with Crippen LogP contribution in [0.4, 0.5) is 0 Å². The molecule has 0 spiro atoms. The number of fused-ring (bicyclic) bond motifs is 1. The highest BCUT2D eigenvalue weighted by Gasteiger charge is 2.12. The fourth-order valence-electron chi connectivity index (χ4n) is 1.94. The van der Waals surface area contributed by atoms with Crippen LogP contribution in [0.1, 0.15) is 0 Å². The molecule has 0 atom stereocenters. The van der Waals surface area contributed by atoms with Gasteiger partial charge in [-0.3, -0.25) is 0 Å². The Morgan fingerprint density at radius 2 is 1.44 bits per heavy atom. The Kier molecular flexibility index (Phi) is 2.76. The molecule has 0 unspecified atom stereocenters. The minimum Gasteiger partial charge on any atom is -0.421 e. The molecule has 0 fully saturated rings. The third-order valence-electron chi connectivity index (χ3n) is 2.81. The molecule has 0 saturated heterocycles. The molecule has 0 aliphatic heterocycles. The van der Waals surface area contributed by atoms with Crippen molar-refractivity contribution in [3.63, 3.8) is 0 Å². The van der Waals surface area contributed by atoms with Gasteiger partial charge in [-0.25, -0.2) is 4.79 Å². The van der Waals surface area contributed by atoms with Gasteiger partial charge in [0.25, 0.3) is 0 Å². The number of hydrogen-bond acceptors (Lipinski definition) is 2. The van der Waals surface area contributed by atoms with Crippen molar-refractivity contribution in [2.24, 2.45) is 0 Å². The maximum Gasteiger partial charge on any atom is 0.344 e. The molecule has 3 rings (SSSR count). The summed E-state index contributed by atoms with van der Waals surface area (Å²) in [6.45, 7) is 0. The van der Waals surface area contributed by atoms with Crippen molar-refractivity contribution in [1.82, 2.24) is 0 Å². The minimum atomic E-state index is -0.312. The van der Waals surface area contributed by atoms with Gasteiger partial charge in [-0.2, -0.15) is 0 Å². The fraction of sp³-hybridized carbons (Fsp3) is 0.